The van der Waals surface area contributed by atoms with E-state index in [4.69, 9.17) is 0 Å². The van der Waals surface area contributed by atoms with Crippen molar-refractivity contribution >= 4 is 17.3 Å². The number of benzene rings is 1. The number of aryl methyl sites for hydroxylation is 1. The van der Waals surface area contributed by atoms with E-state index in [-0.39, 0.29) is 18.8 Å². The zero-order chi connectivity index (χ0) is 22.6. The lowest BCUT2D eigenvalue weighted by molar-refractivity contribution is -0.275. The summed E-state index contributed by atoms with van der Waals surface area (Å²) in [6.45, 7) is 1.73. The van der Waals surface area contributed by atoms with Gasteiger partial charge < -0.3 is 9.84 Å². The first kappa shape index (κ1) is 23.4. The molecule has 166 valence electrons. The molecule has 1 aromatic carbocycles. The summed E-state index contributed by atoms with van der Waals surface area (Å²) in [5.74, 6) is 3.66. The molecule has 1 N–H and O–H groups in total. The van der Waals surface area contributed by atoms with Gasteiger partial charge in [0.05, 0.1) is 7.11 Å². The monoisotopic (exact) mass is 450 g/mol. The highest BCUT2D eigenvalue weighted by Gasteiger charge is 2.64. The Kier molecular flexibility index (Phi) is 7.13. The quantitative estimate of drug-likeness (QED) is 0.485. The van der Waals surface area contributed by atoms with Crippen LogP contribution in [0.5, 0.6) is 0 Å². The first-order valence-electron chi connectivity index (χ1n) is 10.2. The van der Waals surface area contributed by atoms with E-state index < -0.39 is 29.6 Å². The van der Waals surface area contributed by atoms with Crippen molar-refractivity contribution in [1.29, 1.82) is 0 Å². The highest BCUT2D eigenvalue weighted by molar-refractivity contribution is 7.13. The van der Waals surface area contributed by atoms with Crippen LogP contribution in [0, 0.1) is 29.6 Å². The molecule has 4 atom stereocenters. The molecular weight excluding hydrogens is 425 g/mol. The summed E-state index contributed by atoms with van der Waals surface area (Å²) in [6, 6.07) is 12.6. The minimum absolute atomic E-state index is 0.194. The van der Waals surface area contributed by atoms with Crippen LogP contribution in [-0.2, 0) is 11.2 Å². The fraction of sp³-hybridized carbons (Fsp3) is 0.458. The van der Waals surface area contributed by atoms with Crippen LogP contribution in [0.4, 0.5) is 13.2 Å². The van der Waals surface area contributed by atoms with Crippen LogP contribution in [-0.4, -0.2) is 30.0 Å². The maximum atomic E-state index is 13.8. The predicted octanol–water partition coefficient (Wildman–Crippen LogP) is 5.47. The number of methoxy groups -OCH3 is 1. The maximum absolute atomic E-state index is 13.8. The third kappa shape index (κ3) is 5.13. The van der Waals surface area contributed by atoms with Crippen molar-refractivity contribution < 1.29 is 27.8 Å². The van der Waals surface area contributed by atoms with Crippen molar-refractivity contribution in [2.24, 2.45) is 17.8 Å². The highest BCUT2D eigenvalue weighted by atomic mass is 32.1. The van der Waals surface area contributed by atoms with Gasteiger partial charge in [0.1, 0.15) is 4.88 Å². The summed E-state index contributed by atoms with van der Waals surface area (Å²) in [5, 5.41) is 10.7. The summed E-state index contributed by atoms with van der Waals surface area (Å²) >= 11 is 1.28. The van der Waals surface area contributed by atoms with Crippen molar-refractivity contribution in [3.63, 3.8) is 0 Å². The minimum atomic E-state index is -4.71. The highest BCUT2D eigenvalue weighted by Crippen LogP contribution is 2.53. The Morgan fingerprint density at radius 1 is 1.26 bits per heavy atom. The van der Waals surface area contributed by atoms with Gasteiger partial charge in [-0.2, -0.15) is 13.2 Å². The van der Waals surface area contributed by atoms with Gasteiger partial charge in [0.15, 0.2) is 5.60 Å². The first-order chi connectivity index (χ1) is 14.7. The van der Waals surface area contributed by atoms with Gasteiger partial charge in [-0.3, -0.25) is 0 Å². The lowest BCUT2D eigenvalue weighted by Gasteiger charge is -2.33. The molecule has 0 spiro atoms. The average Bonchev–Trinajstić information content (AvgIpc) is 3.29. The molecular formula is C24H25F3O3S. The topological polar surface area (TPSA) is 46.5 Å². The number of halogens is 3. The van der Waals surface area contributed by atoms with Crippen LogP contribution >= 0.6 is 11.3 Å². The number of carbonyl (C=O) groups excluding carboxylic acids is 1. The number of alkyl halides is 3. The molecule has 1 aliphatic carbocycles. The van der Waals surface area contributed by atoms with Crippen LogP contribution in [0.1, 0.15) is 46.3 Å². The number of hydrogen-bond acceptors (Lipinski definition) is 4. The van der Waals surface area contributed by atoms with Crippen LogP contribution in [0.25, 0.3) is 0 Å². The molecule has 0 unspecified atom stereocenters. The lowest BCUT2D eigenvalue weighted by atomic mass is 9.80. The number of ether oxygens (including phenoxy) is 1. The van der Waals surface area contributed by atoms with Crippen LogP contribution in [0.3, 0.4) is 0 Å². The van der Waals surface area contributed by atoms with E-state index >= 15 is 0 Å². The minimum Gasteiger partial charge on any atom is -0.465 e. The SMILES string of the molecule is COC(=O)c1ccc(CCC[C@@H]2[C@@H](C#Cc3ccccc3)[C@H](C)C[C@@]2(O)C(F)(F)F)s1. The Morgan fingerprint density at radius 2 is 1.97 bits per heavy atom. The van der Waals surface area contributed by atoms with Crippen molar-refractivity contribution in [3.05, 3.63) is 57.8 Å². The molecule has 1 saturated carbocycles. The van der Waals surface area contributed by atoms with Gasteiger partial charge in [-0.1, -0.05) is 37.0 Å². The molecule has 0 bridgehead atoms. The smallest absolute Gasteiger partial charge is 0.417 e. The third-order valence-corrected chi connectivity index (χ3v) is 7.05. The van der Waals surface area contributed by atoms with Crippen LogP contribution in [0.15, 0.2) is 42.5 Å². The van der Waals surface area contributed by atoms with E-state index in [1.807, 2.05) is 30.3 Å². The second kappa shape index (κ2) is 9.46. The van der Waals surface area contributed by atoms with Crippen molar-refractivity contribution in [2.75, 3.05) is 7.11 Å². The largest absolute Gasteiger partial charge is 0.465 e. The molecule has 3 rings (SSSR count). The summed E-state index contributed by atoms with van der Waals surface area (Å²) < 4.78 is 46.2. The van der Waals surface area contributed by atoms with Gasteiger partial charge in [0.25, 0.3) is 0 Å². The molecule has 31 heavy (non-hydrogen) atoms. The summed E-state index contributed by atoms with van der Waals surface area (Å²) in [6.07, 6.45) is -3.88. The molecule has 1 aliphatic rings. The third-order valence-electron chi connectivity index (χ3n) is 5.93. The Balaban J connectivity index is 1.77. The van der Waals surface area contributed by atoms with Gasteiger partial charge in [-0.05, 0) is 55.9 Å². The number of esters is 1. The van der Waals surface area contributed by atoms with Crippen molar-refractivity contribution in [3.8, 4) is 11.8 Å². The molecule has 0 saturated heterocycles. The Labute approximate surface area is 184 Å². The number of aliphatic hydroxyl groups is 1. The molecule has 7 heteroatoms. The van der Waals surface area contributed by atoms with E-state index in [1.165, 1.54) is 18.4 Å². The average molecular weight is 451 g/mol. The maximum Gasteiger partial charge on any atom is 0.417 e. The number of thiophene rings is 1. The van der Waals surface area contributed by atoms with E-state index in [2.05, 4.69) is 16.6 Å². The zero-order valence-corrected chi connectivity index (χ0v) is 18.2. The van der Waals surface area contributed by atoms with Crippen LogP contribution < -0.4 is 0 Å². The molecule has 0 amide bonds. The molecule has 2 aromatic rings. The van der Waals surface area contributed by atoms with E-state index in [0.717, 1.165) is 10.4 Å². The molecule has 1 aromatic heterocycles. The Bertz CT molecular complexity index is 958. The van der Waals surface area contributed by atoms with E-state index in [9.17, 15) is 23.1 Å². The van der Waals surface area contributed by atoms with Crippen LogP contribution in [0.2, 0.25) is 0 Å². The van der Waals surface area contributed by atoms with E-state index in [1.54, 1.807) is 19.1 Å². The number of hydrogen-bond donors (Lipinski definition) is 1. The Hall–Kier alpha value is -2.30. The summed E-state index contributed by atoms with van der Waals surface area (Å²) in [5.41, 5.74) is -2.00. The number of carbonyl (C=O) groups is 1. The standard InChI is InChI=1S/C24H25F3O3S/c1-16-15-23(29,24(25,26)27)20(19(16)13-11-17-7-4-3-5-8-17)10-6-9-18-12-14-21(31-18)22(28)30-2/h3-5,7-8,12,14,16,19-20,29H,6,9-10,15H2,1-2H3/t16-,19+,20-,23+/m1/s1. The second-order valence-electron chi connectivity index (χ2n) is 8.02. The molecule has 3 nitrogen and oxygen atoms in total. The Morgan fingerprint density at radius 3 is 2.61 bits per heavy atom. The van der Waals surface area contributed by atoms with Gasteiger partial charge in [0, 0.05) is 22.3 Å². The van der Waals surface area contributed by atoms with E-state index in [0.29, 0.717) is 17.7 Å². The number of rotatable bonds is 5. The fourth-order valence-corrected chi connectivity index (χ4v) is 5.32. The molecule has 0 radical (unpaired) electrons. The van der Waals surface area contributed by atoms with Gasteiger partial charge in [0.2, 0.25) is 0 Å². The molecule has 1 heterocycles. The fourth-order valence-electron chi connectivity index (χ4n) is 4.36. The summed E-state index contributed by atoms with van der Waals surface area (Å²) in [7, 11) is 1.30. The summed E-state index contributed by atoms with van der Waals surface area (Å²) in [4.78, 5) is 12.9. The molecule has 0 aliphatic heterocycles. The lowest BCUT2D eigenvalue weighted by Crippen LogP contribution is -2.49. The second-order valence-corrected chi connectivity index (χ2v) is 9.19. The first-order valence-corrected chi connectivity index (χ1v) is 11.0. The van der Waals surface area contributed by atoms with Gasteiger partial charge >= 0.3 is 12.1 Å². The predicted molar refractivity (Wildman–Crippen MR) is 114 cm³/mol. The normalized spacial score (nSPS) is 25.7. The van der Waals surface area contributed by atoms with Gasteiger partial charge in [-0.25, -0.2) is 4.79 Å². The van der Waals surface area contributed by atoms with Crippen molar-refractivity contribution in [2.45, 2.75) is 44.4 Å². The zero-order valence-electron chi connectivity index (χ0n) is 17.4. The van der Waals surface area contributed by atoms with Crippen molar-refractivity contribution in [1.82, 2.24) is 0 Å². The molecule has 1 fully saturated rings. The van der Waals surface area contributed by atoms with Gasteiger partial charge in [-0.15, -0.1) is 11.3 Å².